The summed E-state index contributed by atoms with van der Waals surface area (Å²) in [7, 11) is 0. The Morgan fingerprint density at radius 3 is 1.00 bits per heavy atom. The van der Waals surface area contributed by atoms with E-state index in [1.54, 1.807) is 0 Å². The maximum atomic E-state index is 2.47. The third-order valence-corrected chi connectivity index (χ3v) is 14.9. The molecule has 0 aliphatic heterocycles. The number of anilines is 6. The zero-order valence-corrected chi connectivity index (χ0v) is 39.7. The number of hydrogen-bond acceptors (Lipinski definition) is 2. The fourth-order valence-electron chi connectivity index (χ4n) is 11.5. The van der Waals surface area contributed by atoms with Crippen molar-refractivity contribution < 1.29 is 0 Å². The Morgan fingerprint density at radius 1 is 0.264 bits per heavy atom. The van der Waals surface area contributed by atoms with Gasteiger partial charge in [-0.3, -0.25) is 0 Å². The lowest BCUT2D eigenvalue weighted by Gasteiger charge is -2.29. The van der Waals surface area contributed by atoms with Crippen molar-refractivity contribution in [2.24, 2.45) is 0 Å². The lowest BCUT2D eigenvalue weighted by atomic mass is 9.83. The Kier molecular flexibility index (Phi) is 10.0. The normalized spacial score (nSPS) is 12.6. The molecule has 2 heteroatoms. The van der Waals surface area contributed by atoms with E-state index in [1.165, 1.54) is 97.7 Å². The Hall–Kier alpha value is -9.24. The molecule has 1 aliphatic carbocycles. The molecule has 0 saturated carbocycles. The topological polar surface area (TPSA) is 6.48 Å². The number of hydrogen-bond donors (Lipinski definition) is 0. The van der Waals surface area contributed by atoms with Crippen LogP contribution < -0.4 is 9.80 Å². The predicted molar refractivity (Wildman–Crippen MR) is 310 cm³/mol. The highest BCUT2D eigenvalue weighted by Crippen LogP contribution is 2.49. The second-order valence-electron chi connectivity index (χ2n) is 19.2. The SMILES string of the molecule is C1=CCCC(c2c3cc(N(c4ccc5ccccc5c4)c4ccc5ccccc5c4)ccc3c(-c3ccc4ccccc4c3)c3cc(N(c4ccc5ccccc5c4)c4ccc5ccccc5c4)ccc23)=C1. The number of fused-ring (bicyclic) bond motifs is 7. The van der Waals surface area contributed by atoms with Crippen LogP contribution in [-0.4, -0.2) is 0 Å². The maximum absolute atomic E-state index is 2.47. The van der Waals surface area contributed by atoms with E-state index in [1.807, 2.05) is 0 Å². The van der Waals surface area contributed by atoms with Gasteiger partial charge in [0.2, 0.25) is 0 Å². The quantitative estimate of drug-likeness (QED) is 0.140. The number of nitrogens with zero attached hydrogens (tertiary/aromatic N) is 2. The first kappa shape index (κ1) is 41.7. The molecule has 0 atom stereocenters. The van der Waals surface area contributed by atoms with E-state index in [0.717, 1.165) is 47.0 Å². The molecule has 2 nitrogen and oxygen atoms in total. The first-order chi connectivity index (χ1) is 35.7. The molecular weight excluding hydrogens is 869 g/mol. The predicted octanol–water partition coefficient (Wildman–Crippen LogP) is 20.1. The minimum atomic E-state index is 0.960. The molecule has 14 rings (SSSR count). The van der Waals surface area contributed by atoms with Gasteiger partial charge in [0.05, 0.1) is 0 Å². The molecule has 0 spiro atoms. The van der Waals surface area contributed by atoms with Crippen molar-refractivity contribution in [3.05, 3.63) is 273 Å². The lowest BCUT2D eigenvalue weighted by molar-refractivity contribution is 1.06. The number of benzene rings is 13. The van der Waals surface area contributed by atoms with Gasteiger partial charge < -0.3 is 9.80 Å². The monoisotopic (exact) mass is 916 g/mol. The summed E-state index contributed by atoms with van der Waals surface area (Å²) in [6, 6.07) is 92.4. The average molecular weight is 917 g/mol. The molecule has 13 aromatic carbocycles. The Morgan fingerprint density at radius 2 is 0.597 bits per heavy atom. The fraction of sp³-hybridized carbons (Fsp3) is 0.0286. The van der Waals surface area contributed by atoms with Crippen molar-refractivity contribution in [2.75, 3.05) is 9.80 Å². The highest BCUT2D eigenvalue weighted by molar-refractivity contribution is 6.21. The highest BCUT2D eigenvalue weighted by atomic mass is 15.1. The first-order valence-electron chi connectivity index (χ1n) is 25.1. The van der Waals surface area contributed by atoms with E-state index in [-0.39, 0.29) is 0 Å². The van der Waals surface area contributed by atoms with Crippen LogP contribution in [0, 0.1) is 0 Å². The van der Waals surface area contributed by atoms with E-state index < -0.39 is 0 Å². The van der Waals surface area contributed by atoms with Crippen LogP contribution in [0.3, 0.4) is 0 Å². The second-order valence-corrected chi connectivity index (χ2v) is 19.2. The van der Waals surface area contributed by atoms with Crippen LogP contribution in [0.25, 0.3) is 92.1 Å². The summed E-state index contributed by atoms with van der Waals surface area (Å²) in [6.07, 6.45) is 8.87. The summed E-state index contributed by atoms with van der Waals surface area (Å²) in [5.74, 6) is 0. The highest BCUT2D eigenvalue weighted by Gasteiger charge is 2.24. The Labute approximate surface area is 419 Å². The Balaban J connectivity index is 1.06. The molecule has 0 fully saturated rings. The number of allylic oxidation sites excluding steroid dienone is 4. The Bertz CT molecular complexity index is 4210. The molecule has 338 valence electrons. The van der Waals surface area contributed by atoms with Gasteiger partial charge in [-0.1, -0.05) is 188 Å². The van der Waals surface area contributed by atoms with E-state index in [2.05, 4.69) is 277 Å². The molecular formula is C70H48N2. The van der Waals surface area contributed by atoms with Gasteiger partial charge in [0.1, 0.15) is 0 Å². The third-order valence-electron chi connectivity index (χ3n) is 14.9. The van der Waals surface area contributed by atoms with E-state index >= 15 is 0 Å². The van der Waals surface area contributed by atoms with Crippen LogP contribution in [0.2, 0.25) is 0 Å². The minimum absolute atomic E-state index is 0.960. The molecule has 0 saturated heterocycles. The molecule has 0 heterocycles. The molecule has 0 radical (unpaired) electrons. The fourth-order valence-corrected chi connectivity index (χ4v) is 11.5. The largest absolute Gasteiger partial charge is 0.310 e. The van der Waals surface area contributed by atoms with Crippen LogP contribution in [0.5, 0.6) is 0 Å². The molecule has 1 aliphatic rings. The van der Waals surface area contributed by atoms with Crippen molar-refractivity contribution in [1.82, 2.24) is 0 Å². The van der Waals surface area contributed by atoms with E-state index in [9.17, 15) is 0 Å². The second kappa shape index (κ2) is 17.3. The van der Waals surface area contributed by atoms with Crippen LogP contribution in [0.4, 0.5) is 34.1 Å². The van der Waals surface area contributed by atoms with Gasteiger partial charge in [-0.2, -0.15) is 0 Å². The van der Waals surface area contributed by atoms with Crippen molar-refractivity contribution in [3.8, 4) is 11.1 Å². The molecule has 0 N–H and O–H groups in total. The number of rotatable bonds is 8. The summed E-state index contributed by atoms with van der Waals surface area (Å²) in [5, 5.41) is 17.1. The summed E-state index contributed by atoms with van der Waals surface area (Å²) in [5.41, 5.74) is 11.8. The van der Waals surface area contributed by atoms with Gasteiger partial charge in [-0.05, 0) is 189 Å². The van der Waals surface area contributed by atoms with Crippen LogP contribution in [-0.2, 0) is 0 Å². The molecule has 13 aromatic rings. The van der Waals surface area contributed by atoms with Gasteiger partial charge in [0, 0.05) is 34.1 Å². The average Bonchev–Trinajstić information content (AvgIpc) is 3.44. The van der Waals surface area contributed by atoms with Crippen molar-refractivity contribution >= 4 is 115 Å². The van der Waals surface area contributed by atoms with Crippen molar-refractivity contribution in [2.45, 2.75) is 12.8 Å². The molecule has 0 bridgehead atoms. The van der Waals surface area contributed by atoms with E-state index in [4.69, 9.17) is 0 Å². The maximum Gasteiger partial charge on any atom is 0.0468 e. The van der Waals surface area contributed by atoms with Gasteiger partial charge in [-0.15, -0.1) is 0 Å². The lowest BCUT2D eigenvalue weighted by Crippen LogP contribution is -2.11. The standard InChI is InChI=1S/C70H48N2/c1-2-19-52(20-3-1)69-65-38-36-64(72(61-34-30-50-17-7-12-24-56(50)43-61)62-35-31-51-18-8-13-25-57(51)44-62)46-68(65)70(58-27-26-47-14-4-9-21-53(47)40-58)66-39-37-63(45-67(66)69)71(59-32-28-48-15-5-10-22-54(48)41-59)60-33-29-49-16-6-11-23-55(49)42-60/h1-2,4-19,21-46H,3,20H2. The molecule has 0 amide bonds. The summed E-state index contributed by atoms with van der Waals surface area (Å²) in [4.78, 5) is 4.90. The molecule has 72 heavy (non-hydrogen) atoms. The molecule has 0 unspecified atom stereocenters. The first-order valence-corrected chi connectivity index (χ1v) is 25.1. The van der Waals surface area contributed by atoms with Gasteiger partial charge in [-0.25, -0.2) is 0 Å². The third kappa shape index (κ3) is 7.27. The van der Waals surface area contributed by atoms with Gasteiger partial charge in [0.25, 0.3) is 0 Å². The summed E-state index contributed by atoms with van der Waals surface area (Å²) < 4.78 is 0. The van der Waals surface area contributed by atoms with E-state index in [0.29, 0.717) is 0 Å². The van der Waals surface area contributed by atoms with Crippen molar-refractivity contribution in [3.63, 3.8) is 0 Å². The van der Waals surface area contributed by atoms with Gasteiger partial charge >= 0.3 is 0 Å². The van der Waals surface area contributed by atoms with Crippen molar-refractivity contribution in [1.29, 1.82) is 0 Å². The zero-order chi connectivity index (χ0) is 47.5. The van der Waals surface area contributed by atoms with Crippen LogP contribution in [0.15, 0.2) is 267 Å². The minimum Gasteiger partial charge on any atom is -0.310 e. The summed E-state index contributed by atoms with van der Waals surface area (Å²) >= 11 is 0. The van der Waals surface area contributed by atoms with Gasteiger partial charge in [0.15, 0.2) is 0 Å². The smallest absolute Gasteiger partial charge is 0.0468 e. The molecule has 0 aromatic heterocycles. The van der Waals surface area contributed by atoms with Crippen LogP contribution >= 0.6 is 0 Å². The summed E-state index contributed by atoms with van der Waals surface area (Å²) in [6.45, 7) is 0. The zero-order valence-electron chi connectivity index (χ0n) is 39.7. The van der Waals surface area contributed by atoms with Crippen LogP contribution in [0.1, 0.15) is 18.4 Å².